The molecule has 2 aromatic rings. The number of halogens is 1. The summed E-state index contributed by atoms with van der Waals surface area (Å²) in [5.41, 5.74) is 1.38. The molecule has 0 aliphatic rings. The van der Waals surface area contributed by atoms with E-state index in [-0.39, 0.29) is 5.56 Å². The van der Waals surface area contributed by atoms with Gasteiger partial charge in [0.15, 0.2) is 0 Å². The van der Waals surface area contributed by atoms with E-state index in [4.69, 9.17) is 5.26 Å². The third-order valence-electron chi connectivity index (χ3n) is 2.86. The van der Waals surface area contributed by atoms with Crippen molar-refractivity contribution in [2.75, 3.05) is 0 Å². The van der Waals surface area contributed by atoms with Crippen LogP contribution in [0.15, 0.2) is 52.3 Å². The van der Waals surface area contributed by atoms with E-state index in [0.29, 0.717) is 10.8 Å². The van der Waals surface area contributed by atoms with E-state index >= 15 is 0 Å². The van der Waals surface area contributed by atoms with Gasteiger partial charge in [-0.3, -0.25) is 0 Å². The number of benzene rings is 2. The molecule has 0 fully saturated rings. The highest BCUT2D eigenvalue weighted by Gasteiger charge is 2.09. The van der Waals surface area contributed by atoms with Crippen molar-refractivity contribution in [1.82, 2.24) is 0 Å². The van der Waals surface area contributed by atoms with Gasteiger partial charge in [0.25, 0.3) is 0 Å². The van der Waals surface area contributed by atoms with Gasteiger partial charge in [0.1, 0.15) is 17.4 Å². The van der Waals surface area contributed by atoms with Crippen molar-refractivity contribution >= 4 is 11.8 Å². The fourth-order valence-electron chi connectivity index (χ4n) is 1.75. The van der Waals surface area contributed by atoms with E-state index in [1.54, 1.807) is 12.1 Å². The largest absolute Gasteiger partial charge is 0.206 e. The molecule has 3 heteroatoms. The van der Waals surface area contributed by atoms with Crippen LogP contribution in [0.2, 0.25) is 0 Å². The summed E-state index contributed by atoms with van der Waals surface area (Å²) in [6, 6.07) is 14.8. The Labute approximate surface area is 117 Å². The van der Waals surface area contributed by atoms with Crippen molar-refractivity contribution in [2.24, 2.45) is 0 Å². The molecule has 0 saturated heterocycles. The summed E-state index contributed by atoms with van der Waals surface area (Å²) >= 11 is 1.41. The molecule has 0 amide bonds. The third-order valence-corrected chi connectivity index (χ3v) is 3.93. The predicted molar refractivity (Wildman–Crippen MR) is 75.8 cm³/mol. The van der Waals surface area contributed by atoms with Crippen molar-refractivity contribution in [1.29, 1.82) is 5.26 Å². The Bertz CT molecular complexity index is 612. The quantitative estimate of drug-likeness (QED) is 0.786. The lowest BCUT2D eigenvalue weighted by Gasteiger charge is -2.07. The molecule has 0 saturated carbocycles. The van der Waals surface area contributed by atoms with E-state index in [0.717, 1.165) is 4.90 Å². The van der Waals surface area contributed by atoms with Crippen LogP contribution in [-0.4, -0.2) is 0 Å². The highest BCUT2D eigenvalue weighted by Crippen LogP contribution is 2.32. The molecule has 0 heterocycles. The maximum absolute atomic E-state index is 13.5. The van der Waals surface area contributed by atoms with E-state index in [1.165, 1.54) is 23.4 Å². The standard InChI is InChI=1S/C16H14FNS/c1-11(2)12-6-8-13(9-7-12)19-16-5-3-4-15(17)14(16)10-18/h3-9,11H,1-2H3. The Balaban J connectivity index is 2.27. The number of nitriles is 1. The minimum absolute atomic E-state index is 0.112. The van der Waals surface area contributed by atoms with Crippen LogP contribution in [0.25, 0.3) is 0 Å². The molecule has 2 rings (SSSR count). The SMILES string of the molecule is CC(C)c1ccc(Sc2cccc(F)c2C#N)cc1. The van der Waals surface area contributed by atoms with Crippen LogP contribution in [0.5, 0.6) is 0 Å². The summed E-state index contributed by atoms with van der Waals surface area (Å²) in [7, 11) is 0. The lowest BCUT2D eigenvalue weighted by Crippen LogP contribution is -1.88. The summed E-state index contributed by atoms with van der Waals surface area (Å²) in [5, 5.41) is 8.99. The van der Waals surface area contributed by atoms with Gasteiger partial charge in [-0.15, -0.1) is 0 Å². The van der Waals surface area contributed by atoms with Crippen LogP contribution in [0.1, 0.15) is 30.9 Å². The van der Waals surface area contributed by atoms with Crippen LogP contribution in [0.3, 0.4) is 0 Å². The zero-order valence-corrected chi connectivity index (χ0v) is 11.7. The Kier molecular flexibility index (Phi) is 4.24. The maximum atomic E-state index is 13.5. The van der Waals surface area contributed by atoms with Gasteiger partial charge in [-0.05, 0) is 35.7 Å². The van der Waals surface area contributed by atoms with E-state index < -0.39 is 5.82 Å². The lowest BCUT2D eigenvalue weighted by atomic mass is 10.0. The van der Waals surface area contributed by atoms with Gasteiger partial charge in [-0.25, -0.2) is 4.39 Å². The van der Waals surface area contributed by atoms with E-state index in [1.807, 2.05) is 18.2 Å². The second kappa shape index (κ2) is 5.90. The first-order chi connectivity index (χ1) is 9.11. The summed E-state index contributed by atoms with van der Waals surface area (Å²) in [6.45, 7) is 4.28. The van der Waals surface area contributed by atoms with Gasteiger partial charge in [0, 0.05) is 9.79 Å². The lowest BCUT2D eigenvalue weighted by molar-refractivity contribution is 0.620. The molecule has 0 atom stereocenters. The van der Waals surface area contributed by atoms with Gasteiger partial charge >= 0.3 is 0 Å². The molecule has 0 N–H and O–H groups in total. The number of hydrogen-bond acceptors (Lipinski definition) is 2. The van der Waals surface area contributed by atoms with Gasteiger partial charge in [-0.1, -0.05) is 43.8 Å². The second-order valence-corrected chi connectivity index (χ2v) is 5.67. The molecular formula is C16H14FNS. The Hall–Kier alpha value is -1.79. The molecule has 2 aromatic carbocycles. The van der Waals surface area contributed by atoms with Crippen LogP contribution in [-0.2, 0) is 0 Å². The zero-order valence-electron chi connectivity index (χ0n) is 10.9. The minimum Gasteiger partial charge on any atom is -0.206 e. The highest BCUT2D eigenvalue weighted by molar-refractivity contribution is 7.99. The van der Waals surface area contributed by atoms with Crippen molar-refractivity contribution in [3.63, 3.8) is 0 Å². The van der Waals surface area contributed by atoms with Crippen molar-refractivity contribution in [3.8, 4) is 6.07 Å². The smallest absolute Gasteiger partial charge is 0.142 e. The first-order valence-electron chi connectivity index (χ1n) is 6.08. The van der Waals surface area contributed by atoms with Gasteiger partial charge in [0.2, 0.25) is 0 Å². The Morgan fingerprint density at radius 3 is 2.37 bits per heavy atom. The molecule has 0 aromatic heterocycles. The number of rotatable bonds is 3. The molecule has 0 aliphatic carbocycles. The van der Waals surface area contributed by atoms with Gasteiger partial charge in [-0.2, -0.15) is 5.26 Å². The minimum atomic E-state index is -0.466. The van der Waals surface area contributed by atoms with Crippen LogP contribution in [0, 0.1) is 17.1 Å². The fraction of sp³-hybridized carbons (Fsp3) is 0.188. The first kappa shape index (κ1) is 13.6. The van der Waals surface area contributed by atoms with E-state index in [9.17, 15) is 4.39 Å². The summed E-state index contributed by atoms with van der Waals surface area (Å²) in [5.74, 6) is 0.0224. The van der Waals surface area contributed by atoms with Gasteiger partial charge < -0.3 is 0 Å². The maximum Gasteiger partial charge on any atom is 0.142 e. The molecule has 96 valence electrons. The molecule has 0 unspecified atom stereocenters. The second-order valence-electron chi connectivity index (χ2n) is 4.55. The molecule has 0 bridgehead atoms. The topological polar surface area (TPSA) is 23.8 Å². The number of hydrogen-bond donors (Lipinski definition) is 0. The van der Waals surface area contributed by atoms with Crippen molar-refractivity contribution in [3.05, 3.63) is 59.4 Å². The summed E-state index contributed by atoms with van der Waals surface area (Å²) in [4.78, 5) is 1.66. The monoisotopic (exact) mass is 271 g/mol. The van der Waals surface area contributed by atoms with Crippen LogP contribution in [0.4, 0.5) is 4.39 Å². The summed E-state index contributed by atoms with van der Waals surface area (Å²) < 4.78 is 13.5. The Morgan fingerprint density at radius 2 is 1.79 bits per heavy atom. The van der Waals surface area contributed by atoms with Crippen molar-refractivity contribution in [2.45, 2.75) is 29.6 Å². The number of nitrogens with zero attached hydrogens (tertiary/aromatic N) is 1. The highest BCUT2D eigenvalue weighted by atomic mass is 32.2. The average Bonchev–Trinajstić information content (AvgIpc) is 2.39. The van der Waals surface area contributed by atoms with E-state index in [2.05, 4.69) is 26.0 Å². The summed E-state index contributed by atoms with van der Waals surface area (Å²) in [6.07, 6.45) is 0. The predicted octanol–water partition coefficient (Wildman–Crippen LogP) is 4.97. The van der Waals surface area contributed by atoms with Crippen LogP contribution >= 0.6 is 11.8 Å². The average molecular weight is 271 g/mol. The molecule has 1 nitrogen and oxygen atoms in total. The fourth-order valence-corrected chi connectivity index (χ4v) is 2.66. The molecular weight excluding hydrogens is 257 g/mol. The zero-order chi connectivity index (χ0) is 13.8. The first-order valence-corrected chi connectivity index (χ1v) is 6.90. The van der Waals surface area contributed by atoms with Gasteiger partial charge in [0.05, 0.1) is 0 Å². The Morgan fingerprint density at radius 1 is 1.11 bits per heavy atom. The van der Waals surface area contributed by atoms with Crippen LogP contribution < -0.4 is 0 Å². The molecule has 19 heavy (non-hydrogen) atoms. The third kappa shape index (κ3) is 3.15. The van der Waals surface area contributed by atoms with Crippen molar-refractivity contribution < 1.29 is 4.39 Å². The normalized spacial score (nSPS) is 10.5. The molecule has 0 radical (unpaired) electrons. The molecule has 0 aliphatic heterocycles. The molecule has 0 spiro atoms.